The highest BCUT2D eigenvalue weighted by atomic mass is 32.1. The van der Waals surface area contributed by atoms with E-state index in [1.54, 1.807) is 27.0 Å². The maximum Gasteiger partial charge on any atom is 0.412 e. The Morgan fingerprint density at radius 1 is 1.17 bits per heavy atom. The zero-order valence-corrected chi connectivity index (χ0v) is 28.0. The Balaban J connectivity index is 1.32. The molecule has 3 aliphatic heterocycles. The molecule has 0 aliphatic carbocycles. The number of nitrogens with one attached hydrogen (secondary N) is 1. The topological polar surface area (TPSA) is 140 Å². The van der Waals surface area contributed by atoms with Gasteiger partial charge >= 0.3 is 6.09 Å². The van der Waals surface area contributed by atoms with Crippen LogP contribution in [-0.2, 0) is 22.7 Å². The van der Waals surface area contributed by atoms with Crippen LogP contribution in [-0.4, -0.2) is 100 Å². The molecule has 2 fully saturated rings. The van der Waals surface area contributed by atoms with E-state index in [1.165, 1.54) is 0 Å². The van der Waals surface area contributed by atoms with Crippen molar-refractivity contribution in [2.75, 3.05) is 63.1 Å². The zero-order chi connectivity index (χ0) is 34.0. The average molecular weight is 679 g/mol. The van der Waals surface area contributed by atoms with Crippen molar-refractivity contribution in [3.05, 3.63) is 40.7 Å². The summed E-state index contributed by atoms with van der Waals surface area (Å²) >= 11 is 0.851. The first-order valence-corrected chi connectivity index (χ1v) is 16.6. The van der Waals surface area contributed by atoms with Crippen LogP contribution in [0.4, 0.5) is 24.5 Å². The van der Waals surface area contributed by atoms with Crippen LogP contribution in [0.5, 0.6) is 0 Å². The lowest BCUT2D eigenvalue weighted by Gasteiger charge is -2.44. The number of anilines is 2. The van der Waals surface area contributed by atoms with E-state index < -0.39 is 28.9 Å². The number of benzene rings is 1. The van der Waals surface area contributed by atoms with Gasteiger partial charge in [-0.25, -0.2) is 23.5 Å². The number of halogens is 2. The highest BCUT2D eigenvalue weighted by Crippen LogP contribution is 2.46. The van der Waals surface area contributed by atoms with Gasteiger partial charge in [-0.1, -0.05) is 0 Å². The van der Waals surface area contributed by atoms with Gasteiger partial charge < -0.3 is 24.4 Å². The Hall–Kier alpha value is -4.07. The van der Waals surface area contributed by atoms with Crippen molar-refractivity contribution in [2.45, 2.75) is 51.5 Å². The van der Waals surface area contributed by atoms with Gasteiger partial charge in [-0.2, -0.15) is 5.26 Å². The molecule has 6 heterocycles. The Morgan fingerprint density at radius 3 is 2.62 bits per heavy atom. The number of aliphatic hydroxyl groups excluding tert-OH is 1. The Morgan fingerprint density at radius 2 is 1.92 bits per heavy atom. The van der Waals surface area contributed by atoms with E-state index in [2.05, 4.69) is 38.2 Å². The summed E-state index contributed by atoms with van der Waals surface area (Å²) in [4.78, 5) is 32.9. The summed E-state index contributed by atoms with van der Waals surface area (Å²) in [5.74, 6) is -1.07. The van der Waals surface area contributed by atoms with Gasteiger partial charge in [0.15, 0.2) is 11.6 Å². The molecule has 252 valence electrons. The molecule has 3 aromatic heterocycles. The van der Waals surface area contributed by atoms with Crippen molar-refractivity contribution in [3.63, 3.8) is 0 Å². The minimum Gasteiger partial charge on any atom is -0.444 e. The van der Waals surface area contributed by atoms with E-state index >= 15 is 8.78 Å². The monoisotopic (exact) mass is 678 g/mol. The van der Waals surface area contributed by atoms with Gasteiger partial charge in [0.05, 0.1) is 47.5 Å². The molecule has 7 rings (SSSR count). The predicted octanol–water partition coefficient (Wildman–Crippen LogP) is 4.62. The number of nitrogens with zero attached hydrogens (tertiary/aromatic N) is 7. The molecule has 12 nitrogen and oxygen atoms in total. The van der Waals surface area contributed by atoms with Crippen molar-refractivity contribution in [2.24, 2.45) is 0 Å². The highest BCUT2D eigenvalue weighted by Gasteiger charge is 2.44. The molecular weight excluding hydrogens is 642 g/mol. The molecule has 48 heavy (non-hydrogen) atoms. The second kappa shape index (κ2) is 12.1. The van der Waals surface area contributed by atoms with E-state index in [4.69, 9.17) is 14.5 Å². The van der Waals surface area contributed by atoms with Crippen LogP contribution in [0, 0.1) is 23.0 Å². The van der Waals surface area contributed by atoms with Gasteiger partial charge in [0, 0.05) is 61.8 Å². The minimum absolute atomic E-state index is 0.0109. The lowest BCUT2D eigenvalue weighted by Crippen LogP contribution is -2.59. The van der Waals surface area contributed by atoms with Gasteiger partial charge in [-0.05, 0) is 45.4 Å². The molecule has 0 spiro atoms. The Kier molecular flexibility index (Phi) is 8.20. The van der Waals surface area contributed by atoms with Crippen molar-refractivity contribution in [3.8, 4) is 17.3 Å². The van der Waals surface area contributed by atoms with Gasteiger partial charge in [0.2, 0.25) is 5.95 Å². The van der Waals surface area contributed by atoms with Crippen LogP contribution >= 0.6 is 11.3 Å². The zero-order valence-electron chi connectivity index (χ0n) is 27.2. The first kappa shape index (κ1) is 32.5. The molecular formula is C33H36F2N8O4S. The standard InChI is InChI=1S/C33H36F2N8O4S/c1-32(2,3)47-31(45)40-29-18(11-36)24-27(37-13-22(34)28(24)48-29)23-21-15-46-14-20(21)19-12-38-30(39-26(19)25(23)35)42-6-5-33(16-42,17-44)43-9-7-41(4)8-10-43/h12-13,44H,5-10,14-17H2,1-4H3,(H,40,45). The van der Waals surface area contributed by atoms with Crippen molar-refractivity contribution < 1.29 is 28.2 Å². The first-order chi connectivity index (χ1) is 22.9. The van der Waals surface area contributed by atoms with E-state index in [9.17, 15) is 15.2 Å². The molecule has 1 aromatic carbocycles. The summed E-state index contributed by atoms with van der Waals surface area (Å²) in [6.07, 6.45) is 2.50. The maximum absolute atomic E-state index is 17.0. The highest BCUT2D eigenvalue weighted by molar-refractivity contribution is 7.23. The number of aromatic nitrogens is 3. The van der Waals surface area contributed by atoms with E-state index in [1.807, 2.05) is 4.90 Å². The number of piperazine rings is 1. The number of rotatable bonds is 5. The molecule has 2 saturated heterocycles. The lowest BCUT2D eigenvalue weighted by atomic mass is 9.94. The molecule has 1 unspecified atom stereocenters. The number of carbonyl (C=O) groups excluding carboxylic acids is 1. The van der Waals surface area contributed by atoms with Gasteiger partial charge in [-0.3, -0.25) is 15.2 Å². The van der Waals surface area contributed by atoms with Crippen LogP contribution in [0.2, 0.25) is 0 Å². The van der Waals surface area contributed by atoms with E-state index in [0.29, 0.717) is 42.0 Å². The Bertz CT molecular complexity index is 1980. The van der Waals surface area contributed by atoms with Gasteiger partial charge in [-0.15, -0.1) is 11.3 Å². The van der Waals surface area contributed by atoms with Crippen molar-refractivity contribution in [1.29, 1.82) is 5.26 Å². The number of amides is 1. The smallest absolute Gasteiger partial charge is 0.412 e. The molecule has 0 radical (unpaired) electrons. The van der Waals surface area contributed by atoms with Crippen molar-refractivity contribution in [1.82, 2.24) is 24.8 Å². The number of hydrogen-bond donors (Lipinski definition) is 2. The SMILES string of the molecule is CN1CCN(C2(CO)CCN(c3ncc4c5c(c(-c6ncc(F)c7sc(NC(=O)OC(C)(C)C)c(C#N)c67)c(F)c4n3)COC5)C2)CC1. The third kappa shape index (κ3) is 5.51. The molecule has 15 heteroatoms. The summed E-state index contributed by atoms with van der Waals surface area (Å²) in [7, 11) is 2.09. The van der Waals surface area contributed by atoms with Crippen LogP contribution in [0.15, 0.2) is 12.4 Å². The molecule has 0 saturated carbocycles. The molecule has 2 N–H and O–H groups in total. The van der Waals surface area contributed by atoms with Gasteiger partial charge in [0.25, 0.3) is 0 Å². The lowest BCUT2D eigenvalue weighted by molar-refractivity contribution is 0.0131. The largest absolute Gasteiger partial charge is 0.444 e. The number of fused-ring (bicyclic) bond motifs is 4. The van der Waals surface area contributed by atoms with Crippen LogP contribution < -0.4 is 10.2 Å². The number of pyridine rings is 1. The molecule has 0 bridgehead atoms. The number of nitriles is 1. The van der Waals surface area contributed by atoms with E-state index in [-0.39, 0.29) is 57.2 Å². The van der Waals surface area contributed by atoms with Gasteiger partial charge in [0.1, 0.15) is 22.2 Å². The summed E-state index contributed by atoms with van der Waals surface area (Å²) < 4.78 is 43.4. The number of likely N-dealkylation sites (N-methyl/N-ethyl adjacent to an activating group) is 1. The number of thiophene rings is 1. The summed E-state index contributed by atoms with van der Waals surface area (Å²) in [5.41, 5.74) is 0.0665. The van der Waals surface area contributed by atoms with Crippen LogP contribution in [0.25, 0.3) is 32.2 Å². The normalized spacial score (nSPS) is 20.4. The number of hydrogen-bond acceptors (Lipinski definition) is 12. The van der Waals surface area contributed by atoms with Crippen molar-refractivity contribution >= 4 is 49.4 Å². The molecule has 1 amide bonds. The van der Waals surface area contributed by atoms with E-state index in [0.717, 1.165) is 43.7 Å². The summed E-state index contributed by atoms with van der Waals surface area (Å²) in [5, 5.41) is 24.0. The Labute approximate surface area is 279 Å². The number of aliphatic hydroxyl groups is 1. The molecule has 3 aliphatic rings. The maximum atomic E-state index is 17.0. The number of ether oxygens (including phenoxy) is 2. The third-order valence-electron chi connectivity index (χ3n) is 9.40. The number of carbonyl (C=O) groups is 1. The summed E-state index contributed by atoms with van der Waals surface area (Å²) in [6.45, 7) is 9.95. The fraction of sp³-hybridized carbons (Fsp3) is 0.485. The second-order valence-electron chi connectivity index (χ2n) is 13.6. The fourth-order valence-electron chi connectivity index (χ4n) is 6.95. The fourth-order valence-corrected chi connectivity index (χ4v) is 7.99. The molecule has 4 aromatic rings. The second-order valence-corrected chi connectivity index (χ2v) is 14.6. The third-order valence-corrected chi connectivity index (χ3v) is 10.5. The molecule has 1 atom stereocenters. The summed E-state index contributed by atoms with van der Waals surface area (Å²) in [6, 6.07) is 2.06. The van der Waals surface area contributed by atoms with Crippen LogP contribution in [0.1, 0.15) is 43.9 Å². The average Bonchev–Trinajstić information content (AvgIpc) is 3.79. The quantitative estimate of drug-likeness (QED) is 0.306. The van der Waals surface area contributed by atoms with Crippen LogP contribution in [0.3, 0.4) is 0 Å². The predicted molar refractivity (Wildman–Crippen MR) is 177 cm³/mol. The first-order valence-electron chi connectivity index (χ1n) is 15.8. The minimum atomic E-state index is -0.810.